The number of halogens is 1. The van der Waals surface area contributed by atoms with Gasteiger partial charge in [0, 0.05) is 48.2 Å². The summed E-state index contributed by atoms with van der Waals surface area (Å²) in [5.74, 6) is -3.63. The Morgan fingerprint density at radius 1 is 0.920 bits per heavy atom. The average molecular weight is 691 g/mol. The van der Waals surface area contributed by atoms with Gasteiger partial charge >= 0.3 is 5.97 Å². The number of aromatic nitrogens is 4. The zero-order valence-electron chi connectivity index (χ0n) is 28.0. The lowest BCUT2D eigenvalue weighted by Crippen LogP contribution is -2.41. The molecule has 1 fully saturated rings. The third-order valence-electron chi connectivity index (χ3n) is 8.21. The van der Waals surface area contributed by atoms with E-state index in [2.05, 4.69) is 20.8 Å². The molecule has 2 aromatic carbocycles. The number of primary amides is 1. The van der Waals surface area contributed by atoms with E-state index in [9.17, 15) is 28.8 Å². The third kappa shape index (κ3) is 8.48. The third-order valence-corrected chi connectivity index (χ3v) is 8.21. The van der Waals surface area contributed by atoms with Crippen LogP contribution >= 0.6 is 0 Å². The highest BCUT2D eigenvalue weighted by Gasteiger charge is 2.30. The van der Waals surface area contributed by atoms with E-state index in [0.29, 0.717) is 53.3 Å². The largest absolute Gasteiger partial charge is 0.459 e. The first kappa shape index (κ1) is 35.6. The molecule has 0 unspecified atom stereocenters. The van der Waals surface area contributed by atoms with Crippen molar-refractivity contribution in [2.75, 3.05) is 26.2 Å². The van der Waals surface area contributed by atoms with Gasteiger partial charge in [-0.1, -0.05) is 12.1 Å². The Morgan fingerprint density at radius 3 is 2.34 bits per heavy atom. The molecular formula is C34H39FN8O7. The molecular weight excluding hydrogens is 651 g/mol. The van der Waals surface area contributed by atoms with E-state index in [4.69, 9.17) is 10.5 Å². The van der Waals surface area contributed by atoms with Crippen LogP contribution in [0.25, 0.3) is 32.9 Å². The first-order chi connectivity index (χ1) is 23.7. The quantitative estimate of drug-likeness (QED) is 0.197. The molecule has 15 nitrogen and oxygen atoms in total. The number of nitrogens with two attached hydrogens (primary N) is 1. The first-order valence-electron chi connectivity index (χ1n) is 16.2. The molecule has 0 saturated carbocycles. The van der Waals surface area contributed by atoms with Gasteiger partial charge < -0.3 is 26.0 Å². The van der Waals surface area contributed by atoms with E-state index in [1.165, 1.54) is 27.8 Å². The van der Waals surface area contributed by atoms with Crippen molar-refractivity contribution in [3.05, 3.63) is 48.5 Å². The fraction of sp³-hybridized carbons (Fsp3) is 0.412. The van der Waals surface area contributed by atoms with E-state index in [0.717, 1.165) is 0 Å². The normalized spacial score (nSPS) is 13.7. The van der Waals surface area contributed by atoms with Gasteiger partial charge in [-0.3, -0.25) is 33.4 Å². The molecule has 50 heavy (non-hydrogen) atoms. The summed E-state index contributed by atoms with van der Waals surface area (Å²) in [6.07, 6.45) is 3.77. The number of ether oxygens (including phenoxy) is 1. The molecule has 0 bridgehead atoms. The standard InChI is InChI=1S/C34H39FN8O7/c1-34(2,3)50-32(48)18-38-29(45)17-37-30(46)19-42-26-6-4-5-22(24(26)16-39-42)23-14-27-21(13-25(23)35)15-40-43(27)33(49)20-9-11-41(12-10-20)31(47)8-7-28(36)44/h4-6,13-16,20H,7-12,17-19H2,1-3H3,(H2,36,44)(H,37,46)(H,38,45). The molecule has 2 aromatic heterocycles. The highest BCUT2D eigenvalue weighted by atomic mass is 19.1. The number of piperidine rings is 1. The number of nitrogens with zero attached hydrogens (tertiary/aromatic N) is 5. The van der Waals surface area contributed by atoms with Crippen LogP contribution in [0.15, 0.2) is 42.7 Å². The minimum Gasteiger partial charge on any atom is -0.459 e. The van der Waals surface area contributed by atoms with Crippen LogP contribution in [0.5, 0.6) is 0 Å². The summed E-state index contributed by atoms with van der Waals surface area (Å²) < 4.78 is 23.4. The Morgan fingerprint density at radius 2 is 1.64 bits per heavy atom. The van der Waals surface area contributed by atoms with Crippen LogP contribution in [-0.2, 0) is 35.3 Å². The second-order valence-electron chi connectivity index (χ2n) is 13.1. The van der Waals surface area contributed by atoms with E-state index in [1.54, 1.807) is 49.9 Å². The first-order valence-corrected chi connectivity index (χ1v) is 16.2. The zero-order valence-corrected chi connectivity index (χ0v) is 28.0. The zero-order chi connectivity index (χ0) is 36.2. The van der Waals surface area contributed by atoms with Crippen molar-refractivity contribution in [3.8, 4) is 11.1 Å². The molecule has 1 aliphatic rings. The van der Waals surface area contributed by atoms with Crippen LogP contribution < -0.4 is 16.4 Å². The Bertz CT molecular complexity index is 1970. The lowest BCUT2D eigenvalue weighted by atomic mass is 9.95. The molecule has 5 rings (SSSR count). The maximum Gasteiger partial charge on any atom is 0.325 e. The number of carbonyl (C=O) groups is 6. The van der Waals surface area contributed by atoms with Crippen molar-refractivity contribution in [2.24, 2.45) is 11.7 Å². The maximum atomic E-state index is 15.6. The van der Waals surface area contributed by atoms with E-state index < -0.39 is 41.0 Å². The number of hydrogen-bond donors (Lipinski definition) is 3. The number of fused-ring (bicyclic) bond motifs is 2. The second-order valence-corrected chi connectivity index (χ2v) is 13.1. The molecule has 1 aliphatic heterocycles. The Hall–Kier alpha value is -5.67. The number of nitrogens with one attached hydrogen (secondary N) is 2. The molecule has 16 heteroatoms. The Kier molecular flexibility index (Phi) is 10.6. The minimum absolute atomic E-state index is 0.0281. The van der Waals surface area contributed by atoms with Crippen molar-refractivity contribution in [1.29, 1.82) is 0 Å². The van der Waals surface area contributed by atoms with E-state index in [-0.39, 0.29) is 49.9 Å². The smallest absolute Gasteiger partial charge is 0.325 e. The van der Waals surface area contributed by atoms with Gasteiger partial charge in [0.1, 0.15) is 24.5 Å². The number of hydrogen-bond acceptors (Lipinski definition) is 9. The SMILES string of the molecule is CC(C)(C)OC(=O)CNC(=O)CNC(=O)Cn1ncc2c(-c3cc4c(cnn4C(=O)C4CCN(C(=O)CCC(N)=O)CC4)cc3F)cccc21. The van der Waals surface area contributed by atoms with Gasteiger partial charge in [-0.25, -0.2) is 4.39 Å². The molecule has 3 heterocycles. The summed E-state index contributed by atoms with van der Waals surface area (Å²) in [5.41, 5.74) is 6.10. The molecule has 0 spiro atoms. The molecule has 0 atom stereocenters. The summed E-state index contributed by atoms with van der Waals surface area (Å²) in [6, 6.07) is 8.00. The summed E-state index contributed by atoms with van der Waals surface area (Å²) in [4.78, 5) is 75.2. The van der Waals surface area contributed by atoms with Crippen LogP contribution in [0.2, 0.25) is 0 Å². The molecule has 0 aliphatic carbocycles. The molecule has 4 N–H and O–H groups in total. The van der Waals surface area contributed by atoms with E-state index >= 15 is 4.39 Å². The Labute approximate surface area is 286 Å². The Balaban J connectivity index is 1.26. The monoisotopic (exact) mass is 690 g/mol. The van der Waals surface area contributed by atoms with Gasteiger partial charge in [-0.05, 0) is 57.4 Å². The summed E-state index contributed by atoms with van der Waals surface area (Å²) >= 11 is 0. The molecule has 4 aromatic rings. The highest BCUT2D eigenvalue weighted by Crippen LogP contribution is 2.34. The van der Waals surface area contributed by atoms with Gasteiger partial charge in [-0.2, -0.15) is 14.9 Å². The van der Waals surface area contributed by atoms with Crippen LogP contribution in [0, 0.1) is 11.7 Å². The molecule has 264 valence electrons. The van der Waals surface area contributed by atoms with Crippen molar-refractivity contribution in [1.82, 2.24) is 35.1 Å². The van der Waals surface area contributed by atoms with Crippen LogP contribution in [0.4, 0.5) is 4.39 Å². The minimum atomic E-state index is -0.693. The van der Waals surface area contributed by atoms with E-state index in [1.807, 2.05) is 0 Å². The number of rotatable bonds is 11. The lowest BCUT2D eigenvalue weighted by Gasteiger charge is -2.31. The number of benzene rings is 2. The second kappa shape index (κ2) is 14.8. The summed E-state index contributed by atoms with van der Waals surface area (Å²) in [6.45, 7) is 4.91. The van der Waals surface area contributed by atoms with Crippen molar-refractivity contribution < 1.29 is 37.9 Å². The summed E-state index contributed by atoms with van der Waals surface area (Å²) in [7, 11) is 0. The topological polar surface area (TPSA) is 201 Å². The summed E-state index contributed by atoms with van der Waals surface area (Å²) in [5, 5.41) is 14.5. The highest BCUT2D eigenvalue weighted by molar-refractivity contribution is 5.99. The number of amides is 4. The van der Waals surface area contributed by atoms with Crippen LogP contribution in [0.1, 0.15) is 51.2 Å². The van der Waals surface area contributed by atoms with Crippen LogP contribution in [-0.4, -0.2) is 91.7 Å². The van der Waals surface area contributed by atoms with Crippen molar-refractivity contribution in [2.45, 2.75) is 58.6 Å². The predicted molar refractivity (Wildman–Crippen MR) is 179 cm³/mol. The molecule has 0 radical (unpaired) electrons. The average Bonchev–Trinajstić information content (AvgIpc) is 3.67. The number of carbonyl (C=O) groups excluding carboxylic acids is 6. The van der Waals surface area contributed by atoms with Crippen molar-refractivity contribution in [3.63, 3.8) is 0 Å². The molecule has 4 amide bonds. The number of likely N-dealkylation sites (tertiary alicyclic amines) is 1. The maximum absolute atomic E-state index is 15.6. The fourth-order valence-corrected chi connectivity index (χ4v) is 5.81. The predicted octanol–water partition coefficient (Wildman–Crippen LogP) is 1.91. The van der Waals surface area contributed by atoms with Gasteiger partial charge in [0.15, 0.2) is 0 Å². The van der Waals surface area contributed by atoms with Gasteiger partial charge in [-0.15, -0.1) is 0 Å². The van der Waals surface area contributed by atoms with Gasteiger partial charge in [0.05, 0.1) is 30.0 Å². The van der Waals surface area contributed by atoms with Crippen molar-refractivity contribution >= 4 is 57.3 Å². The lowest BCUT2D eigenvalue weighted by molar-refractivity contribution is -0.154. The molecule has 1 saturated heterocycles. The number of esters is 1. The van der Waals surface area contributed by atoms with Gasteiger partial charge in [0.25, 0.3) is 5.91 Å². The fourth-order valence-electron chi connectivity index (χ4n) is 5.81. The van der Waals surface area contributed by atoms with Gasteiger partial charge in [0.2, 0.25) is 23.6 Å². The van der Waals surface area contributed by atoms with Crippen LogP contribution in [0.3, 0.4) is 0 Å².